The number of nitrogens with zero attached hydrogens (tertiary/aromatic N) is 4. The summed E-state index contributed by atoms with van der Waals surface area (Å²) in [7, 11) is 0. The molecule has 3 heterocycles. The first-order valence-corrected chi connectivity index (χ1v) is 13.9. The van der Waals surface area contributed by atoms with E-state index in [2.05, 4.69) is 30.3 Å². The van der Waals surface area contributed by atoms with Gasteiger partial charge in [0.15, 0.2) is 5.69 Å². The molecule has 2 N–H and O–H groups in total. The van der Waals surface area contributed by atoms with E-state index in [0.29, 0.717) is 12.0 Å². The fourth-order valence-corrected chi connectivity index (χ4v) is 5.69. The highest BCUT2D eigenvalue weighted by atomic mass is 19.4. The number of hydrogen-bond donors (Lipinski definition) is 2. The summed E-state index contributed by atoms with van der Waals surface area (Å²) < 4.78 is 100. The lowest BCUT2D eigenvalue weighted by molar-refractivity contribution is -0.143. The Labute approximate surface area is 239 Å². The van der Waals surface area contributed by atoms with Crippen LogP contribution in [0.2, 0.25) is 0 Å². The van der Waals surface area contributed by atoms with Gasteiger partial charge in [-0.2, -0.15) is 13.2 Å². The minimum absolute atomic E-state index is 0.0178. The van der Waals surface area contributed by atoms with Gasteiger partial charge in [-0.3, -0.25) is 14.0 Å². The van der Waals surface area contributed by atoms with Crippen LogP contribution in [0.25, 0.3) is 5.78 Å². The summed E-state index contributed by atoms with van der Waals surface area (Å²) in [6, 6.07) is 0.0638. The van der Waals surface area contributed by atoms with Crippen molar-refractivity contribution in [1.82, 2.24) is 30.2 Å². The number of alkyl halides is 7. The number of carbonyl (C=O) groups excluding carboxylic acids is 2. The van der Waals surface area contributed by atoms with Crippen LogP contribution in [0, 0.1) is 17.8 Å². The highest BCUT2D eigenvalue weighted by Crippen LogP contribution is 2.51. The molecule has 3 atom stereocenters. The van der Waals surface area contributed by atoms with Crippen LogP contribution in [0.3, 0.4) is 0 Å². The molecular formula is C27H27F7N6O3. The Morgan fingerprint density at radius 2 is 1.63 bits per heavy atom. The van der Waals surface area contributed by atoms with E-state index in [-0.39, 0.29) is 43.1 Å². The number of carbonyl (C=O) groups is 2. The zero-order valence-electron chi connectivity index (χ0n) is 22.5. The van der Waals surface area contributed by atoms with Crippen LogP contribution < -0.4 is 10.6 Å². The zero-order valence-corrected chi connectivity index (χ0v) is 22.5. The van der Waals surface area contributed by atoms with E-state index in [1.165, 1.54) is 10.6 Å². The summed E-state index contributed by atoms with van der Waals surface area (Å²) in [5, 5.41) is 8.22. The Morgan fingerprint density at radius 1 is 1.00 bits per heavy atom. The summed E-state index contributed by atoms with van der Waals surface area (Å²) in [5.74, 6) is -8.71. The third-order valence-corrected chi connectivity index (χ3v) is 8.40. The van der Waals surface area contributed by atoms with Gasteiger partial charge < -0.3 is 15.2 Å². The van der Waals surface area contributed by atoms with E-state index < -0.39 is 77.9 Å². The summed E-state index contributed by atoms with van der Waals surface area (Å²) >= 11 is 0. The second kappa shape index (κ2) is 10.5. The molecule has 6 rings (SSSR count). The van der Waals surface area contributed by atoms with Crippen molar-refractivity contribution in [1.29, 1.82) is 0 Å². The minimum atomic E-state index is -4.96. The molecule has 0 spiro atoms. The molecule has 0 saturated heterocycles. The third kappa shape index (κ3) is 6.32. The minimum Gasteiger partial charge on any atom is -0.363 e. The Morgan fingerprint density at radius 3 is 2.26 bits per heavy atom. The molecule has 3 aromatic heterocycles. The summed E-state index contributed by atoms with van der Waals surface area (Å²) in [4.78, 5) is 34.5. The predicted molar refractivity (Wildman–Crippen MR) is 133 cm³/mol. The summed E-state index contributed by atoms with van der Waals surface area (Å²) in [5.41, 5.74) is -1.73. The third-order valence-electron chi connectivity index (χ3n) is 8.40. The molecule has 0 radical (unpaired) electrons. The van der Waals surface area contributed by atoms with Gasteiger partial charge in [0, 0.05) is 44.0 Å². The number of rotatable bonds is 9. The second-order valence-electron chi connectivity index (χ2n) is 11.7. The number of halogens is 7. The van der Waals surface area contributed by atoms with Crippen molar-refractivity contribution < 1.29 is 44.8 Å². The highest BCUT2D eigenvalue weighted by molar-refractivity contribution is 5.95. The Bertz CT molecular complexity index is 1520. The lowest BCUT2D eigenvalue weighted by Crippen LogP contribution is -2.37. The van der Waals surface area contributed by atoms with Crippen LogP contribution in [-0.2, 0) is 11.0 Å². The molecule has 0 bridgehead atoms. The van der Waals surface area contributed by atoms with Gasteiger partial charge in [-0.15, -0.1) is 0 Å². The van der Waals surface area contributed by atoms with Crippen molar-refractivity contribution in [2.24, 2.45) is 17.8 Å². The van der Waals surface area contributed by atoms with Crippen molar-refractivity contribution >= 4 is 17.6 Å². The van der Waals surface area contributed by atoms with Gasteiger partial charge in [-0.05, 0) is 43.6 Å². The number of imidazole rings is 1. The number of fused-ring (bicyclic) bond motifs is 1. The number of nitrogens with one attached hydrogen (secondary N) is 2. The molecule has 9 nitrogen and oxygen atoms in total. The average Bonchev–Trinajstić information content (AvgIpc) is 3.71. The van der Waals surface area contributed by atoms with Crippen LogP contribution in [0.5, 0.6) is 0 Å². The molecule has 0 aliphatic heterocycles. The van der Waals surface area contributed by atoms with Gasteiger partial charge in [0.05, 0.1) is 23.5 Å². The standard InChI is InChI=1S/C27H27F7N6O3/c28-25(29)6-3-14(4-7-25)21(38-23(42)16-12-43-39-22(16)27(32,33)34)18-11-40-8-5-17(35-24(40)36-18)20(13-1-2-13)37-19(41)9-15-10-26(15,30)31/h5,8,11-15,20-21H,1-4,6-7,9-10H2,(H,37,41)(H,38,42)/t15-,20?,21?/m0/s1. The Kier molecular flexibility index (Phi) is 7.15. The molecular weight excluding hydrogens is 589 g/mol. The van der Waals surface area contributed by atoms with Gasteiger partial charge in [-0.25, -0.2) is 27.5 Å². The molecule has 0 aromatic carbocycles. The van der Waals surface area contributed by atoms with Gasteiger partial charge in [0.1, 0.15) is 11.8 Å². The first-order chi connectivity index (χ1) is 20.2. The van der Waals surface area contributed by atoms with Gasteiger partial charge in [0.2, 0.25) is 17.6 Å². The summed E-state index contributed by atoms with van der Waals surface area (Å²) in [6.45, 7) is 0. The molecule has 232 valence electrons. The largest absolute Gasteiger partial charge is 0.437 e. The van der Waals surface area contributed by atoms with E-state index in [1.54, 1.807) is 12.3 Å². The molecule has 3 fully saturated rings. The zero-order chi connectivity index (χ0) is 30.7. The van der Waals surface area contributed by atoms with Crippen LogP contribution in [-0.4, -0.2) is 43.2 Å². The Balaban J connectivity index is 1.26. The monoisotopic (exact) mass is 616 g/mol. The lowest BCUT2D eigenvalue weighted by Gasteiger charge is -2.33. The molecule has 3 aliphatic carbocycles. The predicted octanol–water partition coefficient (Wildman–Crippen LogP) is 5.65. The first kappa shape index (κ1) is 29.4. The van der Waals surface area contributed by atoms with E-state index in [0.717, 1.165) is 12.8 Å². The molecule has 2 amide bonds. The molecule has 2 unspecified atom stereocenters. The van der Waals surface area contributed by atoms with Crippen LogP contribution >= 0.6 is 0 Å². The highest BCUT2D eigenvalue weighted by Gasteiger charge is 2.57. The molecule has 3 saturated carbocycles. The van der Waals surface area contributed by atoms with Crippen molar-refractivity contribution in [3.8, 4) is 0 Å². The topological polar surface area (TPSA) is 114 Å². The SMILES string of the molecule is O=C(C[C@H]1CC1(F)F)NC(c1ccn2cc(C(NC(=O)c3conc3C(F)(F)F)C3CCC(F)(F)CC3)nc2n1)C1CC1. The van der Waals surface area contributed by atoms with E-state index in [4.69, 9.17) is 0 Å². The molecule has 3 aliphatic rings. The maximum absolute atomic E-state index is 13.9. The van der Waals surface area contributed by atoms with Crippen LogP contribution in [0.4, 0.5) is 30.7 Å². The number of aromatic nitrogens is 4. The second-order valence-corrected chi connectivity index (χ2v) is 11.7. The fourth-order valence-electron chi connectivity index (χ4n) is 5.69. The Hall–Kier alpha value is -3.72. The van der Waals surface area contributed by atoms with Crippen LogP contribution in [0.1, 0.15) is 90.9 Å². The van der Waals surface area contributed by atoms with Crippen LogP contribution in [0.15, 0.2) is 29.2 Å². The van der Waals surface area contributed by atoms with Gasteiger partial charge in [0.25, 0.3) is 11.8 Å². The van der Waals surface area contributed by atoms with Crippen molar-refractivity contribution in [3.05, 3.63) is 47.4 Å². The first-order valence-electron chi connectivity index (χ1n) is 13.9. The normalized spacial score (nSPS) is 23.1. The van der Waals surface area contributed by atoms with Crippen molar-refractivity contribution in [3.63, 3.8) is 0 Å². The number of hydrogen-bond acceptors (Lipinski definition) is 6. The average molecular weight is 617 g/mol. The van der Waals surface area contributed by atoms with E-state index in [1.807, 2.05) is 0 Å². The summed E-state index contributed by atoms with van der Waals surface area (Å²) in [6.07, 6.45) is -1.25. The maximum atomic E-state index is 13.9. The van der Waals surface area contributed by atoms with E-state index in [9.17, 15) is 40.3 Å². The van der Waals surface area contributed by atoms with Gasteiger partial charge >= 0.3 is 6.18 Å². The molecule has 16 heteroatoms. The fraction of sp³-hybridized carbons (Fsp3) is 0.593. The lowest BCUT2D eigenvalue weighted by atomic mass is 9.81. The maximum Gasteiger partial charge on any atom is 0.437 e. The number of amides is 2. The van der Waals surface area contributed by atoms with Crippen molar-refractivity contribution in [2.45, 2.75) is 81.5 Å². The molecule has 43 heavy (non-hydrogen) atoms. The van der Waals surface area contributed by atoms with Gasteiger partial charge in [-0.1, -0.05) is 5.16 Å². The smallest absolute Gasteiger partial charge is 0.363 e. The van der Waals surface area contributed by atoms with E-state index >= 15 is 0 Å². The quantitative estimate of drug-likeness (QED) is 0.301. The molecule has 3 aromatic rings. The van der Waals surface area contributed by atoms with Crippen molar-refractivity contribution in [2.75, 3.05) is 0 Å².